The Labute approximate surface area is 162 Å². The molecule has 2 fully saturated rings. The SMILES string of the molecule is Nc1ncnc2c1ccn2[C@@H]1O[C@H]([C@H](O)c2cncc(C(F)F)c2)[C@]2(O)C[C@@]12O. The van der Waals surface area contributed by atoms with Crippen molar-refractivity contribution < 1.29 is 28.8 Å². The average Bonchev–Trinajstić information content (AvgIpc) is 2.99. The normalized spacial score (nSPS) is 31.9. The first kappa shape index (κ1) is 18.3. The van der Waals surface area contributed by atoms with Crippen LogP contribution in [0.5, 0.6) is 0 Å². The highest BCUT2D eigenvalue weighted by Gasteiger charge is 2.81. The van der Waals surface area contributed by atoms with Gasteiger partial charge in [-0.3, -0.25) is 4.98 Å². The summed E-state index contributed by atoms with van der Waals surface area (Å²) < 4.78 is 33.3. The number of hydrogen-bond donors (Lipinski definition) is 4. The number of hydrogen-bond acceptors (Lipinski definition) is 8. The highest BCUT2D eigenvalue weighted by Crippen LogP contribution is 2.65. The van der Waals surface area contributed by atoms with Crippen LogP contribution in [0, 0.1) is 0 Å². The highest BCUT2D eigenvalue weighted by molar-refractivity contribution is 5.86. The lowest BCUT2D eigenvalue weighted by Crippen LogP contribution is -2.35. The maximum absolute atomic E-state index is 13.0. The maximum atomic E-state index is 13.0. The number of nitrogen functional groups attached to an aromatic ring is 1. The van der Waals surface area contributed by atoms with Gasteiger partial charge < -0.3 is 30.4 Å². The molecule has 1 aliphatic carbocycles. The van der Waals surface area contributed by atoms with Gasteiger partial charge in [0.1, 0.15) is 41.2 Å². The van der Waals surface area contributed by atoms with Gasteiger partial charge in [0, 0.05) is 36.1 Å². The van der Waals surface area contributed by atoms with Crippen molar-refractivity contribution in [2.45, 2.75) is 42.5 Å². The number of ether oxygens (including phenoxy) is 1. The minimum Gasteiger partial charge on any atom is -0.386 e. The third kappa shape index (κ3) is 2.42. The Hall–Kier alpha value is -2.73. The predicted molar refractivity (Wildman–Crippen MR) is 94.5 cm³/mol. The average molecular weight is 405 g/mol. The quantitative estimate of drug-likeness (QED) is 0.501. The van der Waals surface area contributed by atoms with Gasteiger partial charge in [-0.1, -0.05) is 0 Å². The van der Waals surface area contributed by atoms with E-state index in [1.807, 2.05) is 0 Å². The predicted octanol–water partition coefficient (Wildman–Crippen LogP) is 0.843. The number of aromatic nitrogens is 4. The van der Waals surface area contributed by atoms with Crippen molar-refractivity contribution >= 4 is 16.9 Å². The molecule has 1 aliphatic heterocycles. The fourth-order valence-corrected chi connectivity index (χ4v) is 4.12. The molecule has 0 radical (unpaired) electrons. The Morgan fingerprint density at radius 2 is 1.97 bits per heavy atom. The van der Waals surface area contributed by atoms with Gasteiger partial charge in [0.25, 0.3) is 6.43 Å². The summed E-state index contributed by atoms with van der Waals surface area (Å²) in [7, 11) is 0. The molecule has 3 aromatic rings. The lowest BCUT2D eigenvalue weighted by atomic mass is 9.98. The summed E-state index contributed by atoms with van der Waals surface area (Å²) in [5.41, 5.74) is 2.48. The van der Waals surface area contributed by atoms with E-state index in [-0.39, 0.29) is 23.4 Å². The van der Waals surface area contributed by atoms with Crippen LogP contribution in [-0.2, 0) is 4.74 Å². The molecule has 9 nitrogen and oxygen atoms in total. The monoisotopic (exact) mass is 405 g/mol. The third-order valence-corrected chi connectivity index (χ3v) is 5.77. The topological polar surface area (TPSA) is 140 Å². The fraction of sp³-hybridized carbons (Fsp3) is 0.389. The second kappa shape index (κ2) is 5.89. The summed E-state index contributed by atoms with van der Waals surface area (Å²) in [6.07, 6.45) is -1.56. The molecule has 5 atom stereocenters. The van der Waals surface area contributed by atoms with Gasteiger partial charge in [0.15, 0.2) is 6.23 Å². The number of aliphatic hydroxyl groups is 3. The summed E-state index contributed by atoms with van der Waals surface area (Å²) in [5, 5.41) is 33.2. The molecular weight excluding hydrogens is 388 g/mol. The Balaban J connectivity index is 1.51. The maximum Gasteiger partial charge on any atom is 0.265 e. The standard InChI is InChI=1S/C18H17F2N5O4/c19-13(20)9-3-8(4-22-5-9)11(26)12-17(27)6-18(17,28)16(29-12)25-2-1-10-14(21)23-7-24-15(10)25/h1-5,7,11-13,16,26-28H,6H2,(H2,21,23,24)/t11-,12-,16-,17-,18-/m1/s1. The molecule has 1 saturated heterocycles. The van der Waals surface area contributed by atoms with Crippen LogP contribution in [0.1, 0.15) is 36.3 Å². The Bertz CT molecular complexity index is 1110. The van der Waals surface area contributed by atoms with Crippen molar-refractivity contribution in [3.63, 3.8) is 0 Å². The van der Waals surface area contributed by atoms with Gasteiger partial charge in [0.05, 0.1) is 5.39 Å². The number of anilines is 1. The number of nitrogens with two attached hydrogens (primary N) is 1. The first-order valence-electron chi connectivity index (χ1n) is 8.84. The molecule has 0 aromatic carbocycles. The van der Waals surface area contributed by atoms with E-state index in [9.17, 15) is 24.1 Å². The van der Waals surface area contributed by atoms with Crippen LogP contribution >= 0.6 is 0 Å². The van der Waals surface area contributed by atoms with Crippen molar-refractivity contribution in [3.05, 3.63) is 48.2 Å². The number of aliphatic hydroxyl groups excluding tert-OH is 1. The fourth-order valence-electron chi connectivity index (χ4n) is 4.12. The zero-order valence-corrected chi connectivity index (χ0v) is 14.9. The van der Waals surface area contributed by atoms with Crippen LogP contribution < -0.4 is 5.73 Å². The summed E-state index contributed by atoms with van der Waals surface area (Å²) in [4.78, 5) is 11.8. The molecule has 0 unspecified atom stereocenters. The van der Waals surface area contributed by atoms with Crippen LogP contribution in [0.3, 0.4) is 0 Å². The molecule has 0 spiro atoms. The number of alkyl halides is 2. The number of fused-ring (bicyclic) bond motifs is 2. The molecule has 1 saturated carbocycles. The van der Waals surface area contributed by atoms with E-state index in [2.05, 4.69) is 15.0 Å². The molecular formula is C18H17F2N5O4. The van der Waals surface area contributed by atoms with E-state index in [1.54, 1.807) is 12.3 Å². The van der Waals surface area contributed by atoms with E-state index in [0.29, 0.717) is 11.0 Å². The van der Waals surface area contributed by atoms with Crippen molar-refractivity contribution in [1.29, 1.82) is 0 Å². The Kier molecular flexibility index (Phi) is 3.72. The van der Waals surface area contributed by atoms with E-state index < -0.39 is 36.1 Å². The molecule has 0 amide bonds. The van der Waals surface area contributed by atoms with Crippen molar-refractivity contribution in [2.24, 2.45) is 0 Å². The zero-order valence-electron chi connectivity index (χ0n) is 14.9. The van der Waals surface area contributed by atoms with Crippen molar-refractivity contribution in [3.8, 4) is 0 Å². The molecule has 2 aliphatic rings. The largest absolute Gasteiger partial charge is 0.386 e. The molecule has 29 heavy (non-hydrogen) atoms. The smallest absolute Gasteiger partial charge is 0.265 e. The molecule has 5 rings (SSSR count). The second-order valence-electron chi connectivity index (χ2n) is 7.45. The van der Waals surface area contributed by atoms with Crippen molar-refractivity contribution in [1.82, 2.24) is 19.5 Å². The minimum atomic E-state index is -2.76. The van der Waals surface area contributed by atoms with Crippen LogP contribution in [-0.4, -0.2) is 52.1 Å². The number of rotatable bonds is 4. The van der Waals surface area contributed by atoms with Gasteiger partial charge in [-0.2, -0.15) is 0 Å². The summed E-state index contributed by atoms with van der Waals surface area (Å²) in [5.74, 6) is 0.247. The highest BCUT2D eigenvalue weighted by atomic mass is 19.3. The first-order chi connectivity index (χ1) is 13.8. The lowest BCUT2D eigenvalue weighted by molar-refractivity contribution is -0.122. The first-order valence-corrected chi connectivity index (χ1v) is 8.84. The molecule has 4 heterocycles. The summed E-state index contributed by atoms with van der Waals surface area (Å²) in [6.45, 7) is 0. The Morgan fingerprint density at radius 1 is 1.21 bits per heavy atom. The molecule has 11 heteroatoms. The summed E-state index contributed by atoms with van der Waals surface area (Å²) in [6, 6.07) is 2.75. The van der Waals surface area contributed by atoms with Gasteiger partial charge in [-0.15, -0.1) is 0 Å². The van der Waals surface area contributed by atoms with Crippen LogP contribution in [0.25, 0.3) is 11.0 Å². The van der Waals surface area contributed by atoms with Gasteiger partial charge >= 0.3 is 0 Å². The minimum absolute atomic E-state index is 0.0556. The van der Waals surface area contributed by atoms with Gasteiger partial charge in [-0.05, 0) is 12.1 Å². The lowest BCUT2D eigenvalue weighted by Gasteiger charge is -2.25. The van der Waals surface area contributed by atoms with E-state index in [1.165, 1.54) is 17.1 Å². The van der Waals surface area contributed by atoms with Gasteiger partial charge in [-0.25, -0.2) is 18.7 Å². The molecule has 0 bridgehead atoms. The molecule has 5 N–H and O–H groups in total. The van der Waals surface area contributed by atoms with Crippen LogP contribution in [0.2, 0.25) is 0 Å². The zero-order chi connectivity index (χ0) is 20.6. The number of halogens is 2. The third-order valence-electron chi connectivity index (χ3n) is 5.77. The molecule has 3 aromatic heterocycles. The van der Waals surface area contributed by atoms with Crippen LogP contribution in [0.15, 0.2) is 37.1 Å². The van der Waals surface area contributed by atoms with E-state index in [4.69, 9.17) is 10.5 Å². The number of nitrogens with zero attached hydrogens (tertiary/aromatic N) is 4. The van der Waals surface area contributed by atoms with Crippen LogP contribution in [0.4, 0.5) is 14.6 Å². The van der Waals surface area contributed by atoms with Crippen molar-refractivity contribution in [2.75, 3.05) is 5.73 Å². The Morgan fingerprint density at radius 3 is 2.72 bits per heavy atom. The van der Waals surface area contributed by atoms with E-state index in [0.717, 1.165) is 12.3 Å². The summed E-state index contributed by atoms with van der Waals surface area (Å²) >= 11 is 0. The van der Waals surface area contributed by atoms with Gasteiger partial charge in [0.2, 0.25) is 0 Å². The molecule has 152 valence electrons. The van der Waals surface area contributed by atoms with E-state index >= 15 is 0 Å². The second-order valence-corrected chi connectivity index (χ2v) is 7.45. The number of pyridine rings is 1.